The van der Waals surface area contributed by atoms with Crippen molar-refractivity contribution in [3.05, 3.63) is 52.7 Å². The predicted molar refractivity (Wildman–Crippen MR) is 79.2 cm³/mol. The van der Waals surface area contributed by atoms with Crippen LogP contribution in [-0.4, -0.2) is 24.2 Å². The highest BCUT2D eigenvalue weighted by Gasteiger charge is 2.11. The zero-order chi connectivity index (χ0) is 14.5. The summed E-state index contributed by atoms with van der Waals surface area (Å²) in [5, 5.41) is 10.5. The molecule has 1 aromatic heterocycles. The van der Waals surface area contributed by atoms with Crippen LogP contribution in [0.2, 0.25) is 0 Å². The normalized spacial score (nSPS) is 9.45. The predicted octanol–water partition coefficient (Wildman–Crippen LogP) is 1.55. The first-order valence-electron chi connectivity index (χ1n) is 5.96. The van der Waals surface area contributed by atoms with E-state index in [-0.39, 0.29) is 5.84 Å². The summed E-state index contributed by atoms with van der Waals surface area (Å²) in [5.41, 5.74) is 8.05. The molecule has 0 unspecified atom stereocenters. The quantitative estimate of drug-likeness (QED) is 0.294. The first-order valence-corrected chi connectivity index (χ1v) is 5.96. The number of aromatic nitrogens is 1. The van der Waals surface area contributed by atoms with E-state index >= 15 is 0 Å². The van der Waals surface area contributed by atoms with Crippen LogP contribution in [0.5, 0.6) is 0 Å². The highest BCUT2D eigenvalue weighted by atomic mass is 16.1. The number of aromatic amines is 1. The van der Waals surface area contributed by atoms with Gasteiger partial charge >= 0.3 is 0 Å². The van der Waals surface area contributed by atoms with Crippen LogP contribution in [0.1, 0.15) is 27.0 Å². The summed E-state index contributed by atoms with van der Waals surface area (Å²) in [5.74, 6) is 6.52. The fraction of sp³-hybridized carbons (Fsp3) is 0.0667. The molecule has 5 N–H and O–H groups in total. The minimum atomic E-state index is -0.0541. The van der Waals surface area contributed by atoms with E-state index in [9.17, 15) is 4.79 Å². The van der Waals surface area contributed by atoms with Crippen LogP contribution < -0.4 is 11.1 Å². The van der Waals surface area contributed by atoms with Crippen LogP contribution in [0.3, 0.4) is 0 Å². The second kappa shape index (κ2) is 5.76. The molecule has 5 heteroatoms. The van der Waals surface area contributed by atoms with Gasteiger partial charge in [0, 0.05) is 24.4 Å². The number of anilines is 1. The van der Waals surface area contributed by atoms with E-state index in [0.29, 0.717) is 22.5 Å². The lowest BCUT2D eigenvalue weighted by atomic mass is 10.1. The molecule has 0 radical (unpaired) electrons. The molecule has 2 aromatic rings. The zero-order valence-electron chi connectivity index (χ0n) is 10.9. The number of nitrogens with two attached hydrogens (primary N) is 1. The first-order chi connectivity index (χ1) is 9.65. The van der Waals surface area contributed by atoms with E-state index < -0.39 is 0 Å². The Labute approximate surface area is 116 Å². The van der Waals surface area contributed by atoms with Crippen molar-refractivity contribution in [3.63, 3.8) is 0 Å². The molecule has 0 fully saturated rings. The van der Waals surface area contributed by atoms with E-state index in [4.69, 9.17) is 11.1 Å². The maximum Gasteiger partial charge on any atom is 0.150 e. The van der Waals surface area contributed by atoms with Gasteiger partial charge in [-0.15, -0.1) is 0 Å². The van der Waals surface area contributed by atoms with E-state index in [1.54, 1.807) is 31.4 Å². The van der Waals surface area contributed by atoms with Crippen LogP contribution in [0, 0.1) is 17.3 Å². The van der Waals surface area contributed by atoms with Gasteiger partial charge < -0.3 is 16.0 Å². The Morgan fingerprint density at radius 3 is 2.90 bits per heavy atom. The number of rotatable bonds is 3. The highest BCUT2D eigenvalue weighted by molar-refractivity contribution is 6.02. The molecular weight excluding hydrogens is 252 g/mol. The average molecular weight is 266 g/mol. The Kier molecular flexibility index (Phi) is 3.87. The number of nitrogen functional groups attached to an aromatic ring is 1. The van der Waals surface area contributed by atoms with Gasteiger partial charge in [-0.05, 0) is 12.1 Å². The van der Waals surface area contributed by atoms with Crippen LogP contribution >= 0.6 is 0 Å². The number of hydrogen-bond acceptors (Lipinski definition) is 3. The third-order valence-electron chi connectivity index (χ3n) is 2.76. The summed E-state index contributed by atoms with van der Waals surface area (Å²) in [6, 6.07) is 7.02. The molecule has 0 saturated heterocycles. The summed E-state index contributed by atoms with van der Waals surface area (Å²) >= 11 is 0. The topological polar surface area (TPSA) is 94.8 Å². The van der Waals surface area contributed by atoms with Crippen molar-refractivity contribution in [2.45, 2.75) is 0 Å². The monoisotopic (exact) mass is 266 g/mol. The molecule has 20 heavy (non-hydrogen) atoms. The van der Waals surface area contributed by atoms with Gasteiger partial charge in [-0.1, -0.05) is 24.0 Å². The van der Waals surface area contributed by atoms with Gasteiger partial charge in [0.05, 0.1) is 11.1 Å². The largest absolute Gasteiger partial charge is 0.384 e. The molecule has 0 spiro atoms. The zero-order valence-corrected chi connectivity index (χ0v) is 10.9. The third kappa shape index (κ3) is 2.70. The van der Waals surface area contributed by atoms with Crippen molar-refractivity contribution in [2.24, 2.45) is 5.73 Å². The summed E-state index contributed by atoms with van der Waals surface area (Å²) in [6.45, 7) is 0. The Bertz CT molecular complexity index is 719. The van der Waals surface area contributed by atoms with Gasteiger partial charge in [0.1, 0.15) is 17.9 Å². The summed E-state index contributed by atoms with van der Waals surface area (Å²) < 4.78 is 0. The standard InChI is InChI=1S/C15H14N4O/c1-18-15-13(14(16)17)12(8-19-15)6-5-10-3-2-4-11(7-10)9-20/h2-4,7-9,18-19H,1H3,(H3,16,17). The smallest absolute Gasteiger partial charge is 0.150 e. The van der Waals surface area contributed by atoms with E-state index in [1.807, 2.05) is 6.07 Å². The fourth-order valence-electron chi connectivity index (χ4n) is 1.83. The van der Waals surface area contributed by atoms with Gasteiger partial charge in [0.25, 0.3) is 0 Å². The van der Waals surface area contributed by atoms with Gasteiger partial charge in [-0.25, -0.2) is 0 Å². The second-order valence-corrected chi connectivity index (χ2v) is 4.11. The number of carbonyl (C=O) groups is 1. The second-order valence-electron chi connectivity index (χ2n) is 4.11. The van der Waals surface area contributed by atoms with E-state index in [1.165, 1.54) is 0 Å². The summed E-state index contributed by atoms with van der Waals surface area (Å²) in [6.07, 6.45) is 2.47. The molecule has 0 saturated carbocycles. The lowest BCUT2D eigenvalue weighted by Crippen LogP contribution is -2.13. The number of amidine groups is 1. The molecule has 0 atom stereocenters. The number of hydrogen-bond donors (Lipinski definition) is 4. The molecule has 1 heterocycles. The Balaban J connectivity index is 2.40. The van der Waals surface area contributed by atoms with Crippen molar-refractivity contribution >= 4 is 17.9 Å². The van der Waals surface area contributed by atoms with Crippen molar-refractivity contribution in [1.29, 1.82) is 5.41 Å². The fourth-order valence-corrected chi connectivity index (χ4v) is 1.83. The van der Waals surface area contributed by atoms with Crippen LogP contribution in [-0.2, 0) is 0 Å². The van der Waals surface area contributed by atoms with Crippen LogP contribution in [0.25, 0.3) is 0 Å². The maximum absolute atomic E-state index is 10.7. The lowest BCUT2D eigenvalue weighted by molar-refractivity contribution is 0.112. The van der Waals surface area contributed by atoms with Gasteiger partial charge in [0.2, 0.25) is 0 Å². The minimum Gasteiger partial charge on any atom is -0.384 e. The number of H-pyrrole nitrogens is 1. The molecule has 0 aliphatic carbocycles. The number of aldehydes is 1. The molecule has 0 aliphatic rings. The lowest BCUT2D eigenvalue weighted by Gasteiger charge is -2.01. The molecule has 0 aliphatic heterocycles. The molecule has 0 bridgehead atoms. The van der Waals surface area contributed by atoms with Gasteiger partial charge in [-0.3, -0.25) is 10.2 Å². The molecule has 2 rings (SSSR count). The summed E-state index contributed by atoms with van der Waals surface area (Å²) in [4.78, 5) is 13.7. The van der Waals surface area contributed by atoms with Crippen molar-refractivity contribution < 1.29 is 4.79 Å². The SMILES string of the molecule is CNc1[nH]cc(C#Cc2cccc(C=O)c2)c1C(=N)N. The Morgan fingerprint density at radius 1 is 1.45 bits per heavy atom. The van der Waals surface area contributed by atoms with E-state index in [2.05, 4.69) is 22.1 Å². The molecule has 100 valence electrons. The minimum absolute atomic E-state index is 0.0541. The van der Waals surface area contributed by atoms with Crippen molar-refractivity contribution in [1.82, 2.24) is 4.98 Å². The number of carbonyl (C=O) groups excluding carboxylic acids is 1. The highest BCUT2D eigenvalue weighted by Crippen LogP contribution is 2.17. The average Bonchev–Trinajstić information content (AvgIpc) is 2.88. The van der Waals surface area contributed by atoms with Gasteiger partial charge in [-0.2, -0.15) is 0 Å². The number of nitrogens with one attached hydrogen (secondary N) is 3. The Hall–Kier alpha value is -3.00. The van der Waals surface area contributed by atoms with Crippen molar-refractivity contribution in [2.75, 3.05) is 12.4 Å². The first kappa shape index (κ1) is 13.4. The molecule has 0 amide bonds. The molecule has 5 nitrogen and oxygen atoms in total. The maximum atomic E-state index is 10.7. The third-order valence-corrected chi connectivity index (χ3v) is 2.76. The van der Waals surface area contributed by atoms with Crippen LogP contribution in [0.4, 0.5) is 5.82 Å². The van der Waals surface area contributed by atoms with Crippen LogP contribution in [0.15, 0.2) is 30.5 Å². The van der Waals surface area contributed by atoms with Crippen molar-refractivity contribution in [3.8, 4) is 11.8 Å². The number of benzene rings is 1. The molecular formula is C15H14N4O. The Morgan fingerprint density at radius 2 is 2.25 bits per heavy atom. The summed E-state index contributed by atoms with van der Waals surface area (Å²) in [7, 11) is 1.74. The van der Waals surface area contributed by atoms with E-state index in [0.717, 1.165) is 11.8 Å². The molecule has 1 aromatic carbocycles. The van der Waals surface area contributed by atoms with Gasteiger partial charge in [0.15, 0.2) is 0 Å².